The largest absolute Gasteiger partial charge is 0.486 e. The molecule has 0 radical (unpaired) electrons. The molecule has 1 spiro atoms. The van der Waals surface area contributed by atoms with Crippen LogP contribution in [0.2, 0.25) is 0 Å². The lowest BCUT2D eigenvalue weighted by molar-refractivity contribution is 0.0299. The summed E-state index contributed by atoms with van der Waals surface area (Å²) in [6.07, 6.45) is 5.03. The molecule has 1 N–H and O–H groups in total. The number of Topliss-reactive ketones (excluding diaryl/α,β-unsaturated/α-hetero) is 1. The fourth-order valence-electron chi connectivity index (χ4n) is 4.35. The zero-order valence-corrected chi connectivity index (χ0v) is 15.1. The van der Waals surface area contributed by atoms with Crippen molar-refractivity contribution in [1.29, 1.82) is 0 Å². The standard InChI is InChI=1S/C21H22N4O2/c26-18-13-21(27-19-7-2-1-5-16(18)19)8-4-11-25(12-9-21)14-17-15-6-3-10-22-20(15)24-23-17/h1-3,5-7,10H,4,8-9,11-14H2,(H,22,23,24). The summed E-state index contributed by atoms with van der Waals surface area (Å²) in [5.74, 6) is 0.948. The van der Waals surface area contributed by atoms with Crippen molar-refractivity contribution in [1.82, 2.24) is 20.1 Å². The highest BCUT2D eigenvalue weighted by Crippen LogP contribution is 2.39. The molecule has 3 aromatic rings. The van der Waals surface area contributed by atoms with Crippen LogP contribution in [0.1, 0.15) is 41.7 Å². The molecule has 1 atom stereocenters. The Morgan fingerprint density at radius 2 is 2.07 bits per heavy atom. The summed E-state index contributed by atoms with van der Waals surface area (Å²) in [7, 11) is 0. The number of nitrogens with one attached hydrogen (secondary N) is 1. The predicted molar refractivity (Wildman–Crippen MR) is 102 cm³/mol. The van der Waals surface area contributed by atoms with Crippen molar-refractivity contribution in [2.75, 3.05) is 13.1 Å². The summed E-state index contributed by atoms with van der Waals surface area (Å²) >= 11 is 0. The molecule has 2 aliphatic heterocycles. The van der Waals surface area contributed by atoms with Crippen LogP contribution in [0.25, 0.3) is 11.0 Å². The highest BCUT2D eigenvalue weighted by atomic mass is 16.5. The highest BCUT2D eigenvalue weighted by Gasteiger charge is 2.41. The average molecular weight is 362 g/mol. The van der Waals surface area contributed by atoms with Gasteiger partial charge in [-0.3, -0.25) is 14.8 Å². The number of nitrogens with zero attached hydrogens (tertiary/aromatic N) is 3. The van der Waals surface area contributed by atoms with Crippen LogP contribution >= 0.6 is 0 Å². The third-order valence-electron chi connectivity index (χ3n) is 5.78. The smallest absolute Gasteiger partial charge is 0.181 e. The Kier molecular flexibility index (Phi) is 3.93. The monoisotopic (exact) mass is 362 g/mol. The number of rotatable bonds is 2. The molecule has 1 fully saturated rings. The van der Waals surface area contributed by atoms with Gasteiger partial charge in [0, 0.05) is 31.1 Å². The minimum atomic E-state index is -0.363. The van der Waals surface area contributed by atoms with Crippen LogP contribution in [0.15, 0.2) is 42.6 Å². The third-order valence-corrected chi connectivity index (χ3v) is 5.78. The van der Waals surface area contributed by atoms with E-state index in [2.05, 4.69) is 26.1 Å². The molecule has 0 bridgehead atoms. The van der Waals surface area contributed by atoms with Crippen LogP contribution in [-0.2, 0) is 6.54 Å². The van der Waals surface area contributed by atoms with Crippen molar-refractivity contribution < 1.29 is 9.53 Å². The quantitative estimate of drug-likeness (QED) is 0.757. The van der Waals surface area contributed by atoms with Crippen LogP contribution in [0, 0.1) is 0 Å². The van der Waals surface area contributed by atoms with Crippen LogP contribution in [-0.4, -0.2) is 44.6 Å². The first-order valence-electron chi connectivity index (χ1n) is 9.54. The minimum Gasteiger partial charge on any atom is -0.486 e. The molecule has 2 aromatic heterocycles. The van der Waals surface area contributed by atoms with E-state index >= 15 is 0 Å². The van der Waals surface area contributed by atoms with E-state index in [0.29, 0.717) is 6.42 Å². The van der Waals surface area contributed by atoms with Crippen LogP contribution in [0.3, 0.4) is 0 Å². The lowest BCUT2D eigenvalue weighted by Crippen LogP contribution is -2.42. The van der Waals surface area contributed by atoms with Gasteiger partial charge in [-0.15, -0.1) is 0 Å². The van der Waals surface area contributed by atoms with Crippen molar-refractivity contribution >= 4 is 16.8 Å². The molecular formula is C21H22N4O2. The molecule has 6 nitrogen and oxygen atoms in total. The maximum absolute atomic E-state index is 12.6. The molecule has 0 saturated carbocycles. The summed E-state index contributed by atoms with van der Waals surface area (Å²) in [4.78, 5) is 19.4. The number of carbonyl (C=O) groups excluding carboxylic acids is 1. The number of H-pyrrole nitrogens is 1. The van der Waals surface area contributed by atoms with Gasteiger partial charge in [0.15, 0.2) is 11.4 Å². The number of benzene rings is 1. The maximum Gasteiger partial charge on any atom is 0.181 e. The highest BCUT2D eigenvalue weighted by molar-refractivity contribution is 6.00. The van der Waals surface area contributed by atoms with Crippen LogP contribution in [0.5, 0.6) is 5.75 Å². The molecule has 0 amide bonds. The van der Waals surface area contributed by atoms with E-state index < -0.39 is 0 Å². The molecule has 5 rings (SSSR count). The number of ether oxygens (including phenoxy) is 1. The maximum atomic E-state index is 12.6. The van der Waals surface area contributed by atoms with E-state index in [1.54, 1.807) is 6.20 Å². The number of hydrogen-bond acceptors (Lipinski definition) is 5. The fourth-order valence-corrected chi connectivity index (χ4v) is 4.35. The van der Waals surface area contributed by atoms with Crippen molar-refractivity contribution in [3.8, 4) is 5.75 Å². The Balaban J connectivity index is 1.33. The van der Waals surface area contributed by atoms with Crippen LogP contribution in [0.4, 0.5) is 0 Å². The second-order valence-corrected chi connectivity index (χ2v) is 7.59. The van der Waals surface area contributed by atoms with Crippen molar-refractivity contribution in [2.45, 2.75) is 37.8 Å². The number of hydrogen-bond donors (Lipinski definition) is 1. The number of likely N-dealkylation sites (tertiary alicyclic amines) is 1. The van der Waals surface area contributed by atoms with Crippen molar-refractivity contribution in [2.24, 2.45) is 0 Å². The summed E-state index contributed by atoms with van der Waals surface area (Å²) in [6.45, 7) is 2.70. The van der Waals surface area contributed by atoms with E-state index in [-0.39, 0.29) is 11.4 Å². The number of aromatic nitrogens is 3. The fraction of sp³-hybridized carbons (Fsp3) is 0.381. The topological polar surface area (TPSA) is 71.1 Å². The second kappa shape index (κ2) is 6.46. The number of ketones is 1. The van der Waals surface area contributed by atoms with E-state index in [1.807, 2.05) is 30.3 Å². The van der Waals surface area contributed by atoms with Crippen molar-refractivity contribution in [3.05, 3.63) is 53.9 Å². The summed E-state index contributed by atoms with van der Waals surface area (Å²) < 4.78 is 6.39. The van der Waals surface area contributed by atoms with Crippen LogP contribution < -0.4 is 4.74 Å². The van der Waals surface area contributed by atoms with E-state index in [0.717, 1.165) is 66.9 Å². The van der Waals surface area contributed by atoms with Gasteiger partial charge in [0.25, 0.3) is 0 Å². The van der Waals surface area contributed by atoms with Gasteiger partial charge < -0.3 is 4.74 Å². The van der Waals surface area contributed by atoms with E-state index in [4.69, 9.17) is 4.74 Å². The van der Waals surface area contributed by atoms with Gasteiger partial charge in [-0.2, -0.15) is 5.10 Å². The van der Waals surface area contributed by atoms with Gasteiger partial charge in [0.2, 0.25) is 0 Å². The Morgan fingerprint density at radius 1 is 1.15 bits per heavy atom. The molecule has 4 heterocycles. The summed E-state index contributed by atoms with van der Waals surface area (Å²) in [5.41, 5.74) is 2.22. The molecule has 2 aliphatic rings. The zero-order chi connectivity index (χ0) is 18.3. The van der Waals surface area contributed by atoms with Gasteiger partial charge in [-0.25, -0.2) is 4.98 Å². The Bertz CT molecular complexity index is 999. The van der Waals surface area contributed by atoms with E-state index in [1.165, 1.54) is 0 Å². The third kappa shape index (κ3) is 3.00. The molecule has 6 heteroatoms. The Morgan fingerprint density at radius 3 is 3.04 bits per heavy atom. The molecule has 27 heavy (non-hydrogen) atoms. The molecule has 138 valence electrons. The zero-order valence-electron chi connectivity index (χ0n) is 15.1. The number of para-hydroxylation sites is 1. The lowest BCUT2D eigenvalue weighted by Gasteiger charge is -2.37. The normalized spacial score (nSPS) is 23.2. The molecule has 0 aliphatic carbocycles. The number of pyridine rings is 1. The summed E-state index contributed by atoms with van der Waals surface area (Å²) in [5, 5.41) is 8.50. The average Bonchev–Trinajstić information content (AvgIpc) is 2.99. The first-order chi connectivity index (χ1) is 13.2. The Labute approximate surface area is 157 Å². The number of aromatic amines is 1. The summed E-state index contributed by atoms with van der Waals surface area (Å²) in [6, 6.07) is 11.6. The minimum absolute atomic E-state index is 0.205. The van der Waals surface area contributed by atoms with Gasteiger partial charge in [-0.1, -0.05) is 12.1 Å². The van der Waals surface area contributed by atoms with E-state index in [9.17, 15) is 4.79 Å². The molecule has 1 aromatic carbocycles. The first kappa shape index (κ1) is 16.4. The van der Waals surface area contributed by atoms with Gasteiger partial charge >= 0.3 is 0 Å². The van der Waals surface area contributed by atoms with Gasteiger partial charge in [0.05, 0.1) is 17.7 Å². The molecule has 1 unspecified atom stereocenters. The Hall–Kier alpha value is -2.73. The lowest BCUT2D eigenvalue weighted by atomic mass is 9.84. The molecular weight excluding hydrogens is 340 g/mol. The second-order valence-electron chi connectivity index (χ2n) is 7.59. The van der Waals surface area contributed by atoms with Gasteiger partial charge in [0.1, 0.15) is 11.4 Å². The number of fused-ring (bicyclic) bond motifs is 2. The first-order valence-corrected chi connectivity index (χ1v) is 9.54. The van der Waals surface area contributed by atoms with Gasteiger partial charge in [-0.05, 0) is 43.7 Å². The SMILES string of the molecule is O=C1CC2(CCCN(Cc3[nH]nc4ncccc34)CC2)Oc2ccccc21. The predicted octanol–water partition coefficient (Wildman–Crippen LogP) is 3.35. The number of carbonyl (C=O) groups is 1. The molecule has 1 saturated heterocycles. The van der Waals surface area contributed by atoms with Crippen molar-refractivity contribution in [3.63, 3.8) is 0 Å².